The Balaban J connectivity index is 2.02. The zero-order valence-corrected chi connectivity index (χ0v) is 9.42. The molecule has 1 aromatic heterocycles. The SMILES string of the molecule is Cc1nsc(N2CCC(C(C)N)C2)n1. The van der Waals surface area contributed by atoms with Crippen molar-refractivity contribution in [2.75, 3.05) is 18.0 Å². The number of anilines is 1. The van der Waals surface area contributed by atoms with Crippen molar-refractivity contribution < 1.29 is 0 Å². The third-order valence-corrected chi connectivity index (χ3v) is 3.62. The van der Waals surface area contributed by atoms with Gasteiger partial charge in [0.1, 0.15) is 5.82 Å². The van der Waals surface area contributed by atoms with E-state index in [2.05, 4.69) is 21.2 Å². The molecule has 2 N–H and O–H groups in total. The van der Waals surface area contributed by atoms with Gasteiger partial charge in [-0.1, -0.05) is 0 Å². The summed E-state index contributed by atoms with van der Waals surface area (Å²) in [5.41, 5.74) is 5.88. The van der Waals surface area contributed by atoms with Crippen LogP contribution < -0.4 is 10.6 Å². The molecule has 1 aliphatic rings. The van der Waals surface area contributed by atoms with Crippen LogP contribution in [0, 0.1) is 12.8 Å². The second kappa shape index (κ2) is 3.82. The first-order chi connectivity index (χ1) is 6.66. The molecule has 0 aliphatic carbocycles. The standard InChI is InChI=1S/C9H16N4S/c1-6(10)8-3-4-13(5-8)9-11-7(2)12-14-9/h6,8H,3-5,10H2,1-2H3. The molecule has 2 heterocycles. The number of aryl methyl sites for hydroxylation is 1. The van der Waals surface area contributed by atoms with Crippen LogP contribution in [0.15, 0.2) is 0 Å². The Morgan fingerprint density at radius 2 is 2.43 bits per heavy atom. The molecule has 2 rings (SSSR count). The minimum Gasteiger partial charge on any atom is -0.347 e. The molecule has 14 heavy (non-hydrogen) atoms. The van der Waals surface area contributed by atoms with Gasteiger partial charge in [0.15, 0.2) is 0 Å². The fourth-order valence-corrected chi connectivity index (χ4v) is 2.51. The third kappa shape index (κ3) is 1.88. The van der Waals surface area contributed by atoms with Gasteiger partial charge in [0.25, 0.3) is 0 Å². The third-order valence-electron chi connectivity index (χ3n) is 2.76. The second-order valence-corrected chi connectivity index (χ2v) is 4.71. The summed E-state index contributed by atoms with van der Waals surface area (Å²) in [4.78, 5) is 6.67. The molecule has 2 atom stereocenters. The maximum Gasteiger partial charge on any atom is 0.205 e. The molecule has 4 nitrogen and oxygen atoms in total. The van der Waals surface area contributed by atoms with E-state index in [-0.39, 0.29) is 6.04 Å². The van der Waals surface area contributed by atoms with Crippen LogP contribution in [0.4, 0.5) is 5.13 Å². The summed E-state index contributed by atoms with van der Waals surface area (Å²) >= 11 is 1.48. The number of nitrogens with two attached hydrogens (primary N) is 1. The lowest BCUT2D eigenvalue weighted by molar-refractivity contribution is 0.488. The van der Waals surface area contributed by atoms with Crippen LogP contribution >= 0.6 is 11.5 Å². The van der Waals surface area contributed by atoms with E-state index in [0.29, 0.717) is 5.92 Å². The molecule has 1 fully saturated rings. The number of rotatable bonds is 2. The first-order valence-corrected chi connectivity index (χ1v) is 5.75. The number of hydrogen-bond acceptors (Lipinski definition) is 5. The summed E-state index contributed by atoms with van der Waals surface area (Å²) in [6, 6.07) is 0.286. The van der Waals surface area contributed by atoms with Crippen molar-refractivity contribution in [1.29, 1.82) is 0 Å². The lowest BCUT2D eigenvalue weighted by Crippen LogP contribution is -2.29. The molecule has 1 aromatic rings. The van der Waals surface area contributed by atoms with Gasteiger partial charge in [-0.2, -0.15) is 4.37 Å². The highest BCUT2D eigenvalue weighted by molar-refractivity contribution is 7.09. The summed E-state index contributed by atoms with van der Waals surface area (Å²) in [5.74, 6) is 1.48. The summed E-state index contributed by atoms with van der Waals surface area (Å²) in [6.07, 6.45) is 1.18. The fraction of sp³-hybridized carbons (Fsp3) is 0.778. The maximum atomic E-state index is 5.88. The van der Waals surface area contributed by atoms with Crippen molar-refractivity contribution in [3.05, 3.63) is 5.82 Å². The zero-order chi connectivity index (χ0) is 10.1. The molecule has 0 bridgehead atoms. The van der Waals surface area contributed by atoms with E-state index in [0.717, 1.165) is 24.0 Å². The van der Waals surface area contributed by atoms with E-state index in [1.165, 1.54) is 18.0 Å². The van der Waals surface area contributed by atoms with E-state index >= 15 is 0 Å². The average Bonchev–Trinajstić information content (AvgIpc) is 2.70. The highest BCUT2D eigenvalue weighted by atomic mass is 32.1. The monoisotopic (exact) mass is 212 g/mol. The average molecular weight is 212 g/mol. The van der Waals surface area contributed by atoms with Crippen molar-refractivity contribution in [3.63, 3.8) is 0 Å². The van der Waals surface area contributed by atoms with E-state index < -0.39 is 0 Å². The molecular weight excluding hydrogens is 196 g/mol. The Morgan fingerprint density at radius 1 is 1.64 bits per heavy atom. The highest BCUT2D eigenvalue weighted by Gasteiger charge is 2.26. The Hall–Kier alpha value is -0.680. The Kier molecular flexibility index (Phi) is 2.69. The van der Waals surface area contributed by atoms with Gasteiger partial charge in [0, 0.05) is 30.7 Å². The van der Waals surface area contributed by atoms with Crippen LogP contribution in [-0.2, 0) is 0 Å². The largest absolute Gasteiger partial charge is 0.347 e. The van der Waals surface area contributed by atoms with Crippen LogP contribution in [0.25, 0.3) is 0 Å². The van der Waals surface area contributed by atoms with E-state index in [1.807, 2.05) is 6.92 Å². The van der Waals surface area contributed by atoms with E-state index in [1.54, 1.807) is 0 Å². The van der Waals surface area contributed by atoms with Crippen LogP contribution in [0.5, 0.6) is 0 Å². The lowest BCUT2D eigenvalue weighted by Gasteiger charge is -2.16. The van der Waals surface area contributed by atoms with Crippen LogP contribution in [0.3, 0.4) is 0 Å². The Morgan fingerprint density at radius 3 is 2.93 bits per heavy atom. The first-order valence-electron chi connectivity index (χ1n) is 4.97. The van der Waals surface area contributed by atoms with Crippen molar-refractivity contribution >= 4 is 16.7 Å². The van der Waals surface area contributed by atoms with Crippen LogP contribution in [0.1, 0.15) is 19.2 Å². The molecule has 1 saturated heterocycles. The fourth-order valence-electron chi connectivity index (χ4n) is 1.80. The molecule has 0 spiro atoms. The van der Waals surface area contributed by atoms with Gasteiger partial charge in [-0.05, 0) is 26.2 Å². The summed E-state index contributed by atoms with van der Waals surface area (Å²) in [6.45, 7) is 6.12. The van der Waals surface area contributed by atoms with E-state index in [9.17, 15) is 0 Å². The predicted octanol–water partition coefficient (Wildman–Crippen LogP) is 1.02. The normalized spacial score (nSPS) is 24.2. The van der Waals surface area contributed by atoms with Crippen LogP contribution in [-0.4, -0.2) is 28.5 Å². The number of hydrogen-bond donors (Lipinski definition) is 1. The number of aromatic nitrogens is 2. The Labute approximate surface area is 88.3 Å². The molecule has 2 unspecified atom stereocenters. The Bertz CT molecular complexity index is 310. The summed E-state index contributed by atoms with van der Waals surface area (Å²) in [7, 11) is 0. The minimum absolute atomic E-state index is 0.286. The molecule has 0 aromatic carbocycles. The van der Waals surface area contributed by atoms with Crippen molar-refractivity contribution in [3.8, 4) is 0 Å². The van der Waals surface area contributed by atoms with Gasteiger partial charge in [-0.15, -0.1) is 0 Å². The summed E-state index contributed by atoms with van der Waals surface area (Å²) in [5, 5.41) is 1.05. The number of nitrogens with zero attached hydrogens (tertiary/aromatic N) is 3. The molecule has 0 radical (unpaired) electrons. The topological polar surface area (TPSA) is 55.0 Å². The van der Waals surface area contributed by atoms with Gasteiger partial charge >= 0.3 is 0 Å². The van der Waals surface area contributed by atoms with Crippen molar-refractivity contribution in [1.82, 2.24) is 9.36 Å². The molecule has 78 valence electrons. The first kappa shape index (κ1) is 9.86. The van der Waals surface area contributed by atoms with Gasteiger partial charge in [0.2, 0.25) is 5.13 Å². The zero-order valence-electron chi connectivity index (χ0n) is 8.60. The second-order valence-electron chi connectivity index (χ2n) is 3.98. The molecular formula is C9H16N4S. The van der Waals surface area contributed by atoms with Crippen LogP contribution in [0.2, 0.25) is 0 Å². The molecule has 0 amide bonds. The molecule has 5 heteroatoms. The van der Waals surface area contributed by atoms with Gasteiger partial charge in [-0.25, -0.2) is 4.98 Å². The smallest absolute Gasteiger partial charge is 0.205 e. The quantitative estimate of drug-likeness (QED) is 0.795. The molecule has 0 saturated carbocycles. The van der Waals surface area contributed by atoms with Gasteiger partial charge in [-0.3, -0.25) is 0 Å². The van der Waals surface area contributed by atoms with E-state index in [4.69, 9.17) is 5.73 Å². The van der Waals surface area contributed by atoms with Gasteiger partial charge in [0.05, 0.1) is 0 Å². The van der Waals surface area contributed by atoms with Gasteiger partial charge < -0.3 is 10.6 Å². The van der Waals surface area contributed by atoms with Crippen molar-refractivity contribution in [2.24, 2.45) is 11.7 Å². The molecule has 1 aliphatic heterocycles. The summed E-state index contributed by atoms with van der Waals surface area (Å²) < 4.78 is 4.19. The van der Waals surface area contributed by atoms with Crippen molar-refractivity contribution in [2.45, 2.75) is 26.3 Å². The predicted molar refractivity (Wildman–Crippen MR) is 58.6 cm³/mol. The highest BCUT2D eigenvalue weighted by Crippen LogP contribution is 2.26. The maximum absolute atomic E-state index is 5.88. The minimum atomic E-state index is 0.286. The lowest BCUT2D eigenvalue weighted by atomic mass is 10.0.